The monoisotopic (exact) mass is 418 g/mol. The van der Waals surface area contributed by atoms with Crippen LogP contribution < -0.4 is 15.0 Å². The van der Waals surface area contributed by atoms with E-state index in [4.69, 9.17) is 9.47 Å². The summed E-state index contributed by atoms with van der Waals surface area (Å²) in [6, 6.07) is 17.2. The van der Waals surface area contributed by atoms with Gasteiger partial charge in [0.2, 0.25) is 0 Å². The molecule has 0 spiro atoms. The lowest BCUT2D eigenvalue weighted by atomic mass is 9.96. The van der Waals surface area contributed by atoms with Crippen LogP contribution in [-0.2, 0) is 11.2 Å². The number of nitrogens with one attached hydrogen (secondary N) is 1. The molecule has 2 fully saturated rings. The summed E-state index contributed by atoms with van der Waals surface area (Å²) in [5.74, 6) is 1.51. The van der Waals surface area contributed by atoms with E-state index in [2.05, 4.69) is 63.8 Å². The predicted octanol–water partition coefficient (Wildman–Crippen LogP) is 3.54. The van der Waals surface area contributed by atoms with Crippen molar-refractivity contribution in [2.24, 2.45) is 5.92 Å². The van der Waals surface area contributed by atoms with E-state index in [9.17, 15) is 0 Å². The van der Waals surface area contributed by atoms with E-state index in [-0.39, 0.29) is 0 Å². The molecule has 0 amide bonds. The van der Waals surface area contributed by atoms with Crippen LogP contribution in [0.5, 0.6) is 5.75 Å². The Labute approximate surface area is 183 Å². The van der Waals surface area contributed by atoms with E-state index in [1.54, 1.807) is 7.11 Å². The summed E-state index contributed by atoms with van der Waals surface area (Å²) in [6.07, 6.45) is 3.96. The molecule has 0 aliphatic carbocycles. The maximum atomic E-state index is 5.64. The first-order valence-corrected chi connectivity index (χ1v) is 11.2. The van der Waals surface area contributed by atoms with Gasteiger partial charge in [0.05, 0.1) is 24.7 Å². The molecule has 1 aromatic heterocycles. The Kier molecular flexibility index (Phi) is 5.91. The van der Waals surface area contributed by atoms with Crippen molar-refractivity contribution in [1.82, 2.24) is 15.1 Å². The van der Waals surface area contributed by atoms with Gasteiger partial charge in [0.25, 0.3) is 0 Å². The summed E-state index contributed by atoms with van der Waals surface area (Å²) in [6.45, 7) is 5.88. The first-order valence-electron chi connectivity index (χ1n) is 11.2. The van der Waals surface area contributed by atoms with E-state index in [0.29, 0.717) is 5.92 Å². The number of methoxy groups -OCH3 is 1. The van der Waals surface area contributed by atoms with Crippen molar-refractivity contribution < 1.29 is 9.47 Å². The molecule has 0 bridgehead atoms. The van der Waals surface area contributed by atoms with Crippen LogP contribution in [0.1, 0.15) is 12.0 Å². The van der Waals surface area contributed by atoms with Crippen LogP contribution in [0, 0.1) is 5.92 Å². The van der Waals surface area contributed by atoms with Gasteiger partial charge in [-0.25, -0.2) is 4.68 Å². The Bertz CT molecular complexity index is 1000. The van der Waals surface area contributed by atoms with E-state index < -0.39 is 0 Å². The lowest BCUT2D eigenvalue weighted by molar-refractivity contribution is 0.185. The molecular formula is C25H30N4O2. The molecule has 1 atom stereocenters. The molecule has 2 aliphatic rings. The Morgan fingerprint density at radius 1 is 1.06 bits per heavy atom. The maximum absolute atomic E-state index is 5.64. The molecule has 6 heteroatoms. The zero-order chi connectivity index (χ0) is 21.0. The van der Waals surface area contributed by atoms with Crippen LogP contribution >= 0.6 is 0 Å². The van der Waals surface area contributed by atoms with Crippen molar-refractivity contribution in [1.29, 1.82) is 0 Å². The summed E-state index contributed by atoms with van der Waals surface area (Å²) < 4.78 is 13.2. The van der Waals surface area contributed by atoms with Gasteiger partial charge < -0.3 is 19.7 Å². The first kappa shape index (κ1) is 20.1. The summed E-state index contributed by atoms with van der Waals surface area (Å²) in [7, 11) is 1.74. The second-order valence-corrected chi connectivity index (χ2v) is 8.34. The molecule has 3 heterocycles. The highest BCUT2D eigenvalue weighted by Crippen LogP contribution is 2.31. The molecule has 5 rings (SSSR count). The van der Waals surface area contributed by atoms with Crippen molar-refractivity contribution in [2.45, 2.75) is 12.8 Å². The highest BCUT2D eigenvalue weighted by Gasteiger charge is 2.19. The van der Waals surface area contributed by atoms with Crippen LogP contribution in [0.15, 0.2) is 54.7 Å². The minimum atomic E-state index is 0.562. The lowest BCUT2D eigenvalue weighted by Crippen LogP contribution is -2.43. The first-order chi connectivity index (χ1) is 15.3. The molecule has 6 nitrogen and oxygen atoms in total. The topological polar surface area (TPSA) is 51.5 Å². The van der Waals surface area contributed by atoms with Gasteiger partial charge in [0, 0.05) is 50.6 Å². The van der Waals surface area contributed by atoms with Crippen LogP contribution in [0.4, 0.5) is 5.69 Å². The molecule has 2 aromatic carbocycles. The molecule has 162 valence electrons. The molecule has 2 aliphatic heterocycles. The van der Waals surface area contributed by atoms with Gasteiger partial charge in [0.15, 0.2) is 0 Å². The van der Waals surface area contributed by atoms with Crippen LogP contribution in [0.3, 0.4) is 0 Å². The Morgan fingerprint density at radius 2 is 1.87 bits per heavy atom. The molecule has 0 radical (unpaired) electrons. The minimum Gasteiger partial charge on any atom is -0.496 e. The zero-order valence-electron chi connectivity index (χ0n) is 18.1. The number of benzene rings is 2. The van der Waals surface area contributed by atoms with Gasteiger partial charge in [-0.3, -0.25) is 0 Å². The number of aromatic nitrogens is 2. The van der Waals surface area contributed by atoms with Gasteiger partial charge in [-0.15, -0.1) is 0 Å². The van der Waals surface area contributed by atoms with Crippen molar-refractivity contribution in [3.8, 4) is 22.7 Å². The SMILES string of the molecule is COc1ccc(-c2ccnn2-c2ccc(N3CCNCC3)cc2)cc1C[C@@H]1CCOC1. The largest absolute Gasteiger partial charge is 0.496 e. The number of piperazine rings is 1. The van der Waals surface area contributed by atoms with E-state index in [1.165, 1.54) is 11.3 Å². The zero-order valence-corrected chi connectivity index (χ0v) is 18.1. The number of hydrogen-bond donors (Lipinski definition) is 1. The van der Waals surface area contributed by atoms with E-state index in [0.717, 1.165) is 74.9 Å². The number of anilines is 1. The molecule has 2 saturated heterocycles. The fourth-order valence-corrected chi connectivity index (χ4v) is 4.61. The van der Waals surface area contributed by atoms with Crippen molar-refractivity contribution in [2.75, 3.05) is 51.4 Å². The van der Waals surface area contributed by atoms with Gasteiger partial charge >= 0.3 is 0 Å². The summed E-state index contributed by atoms with van der Waals surface area (Å²) in [4.78, 5) is 2.42. The Morgan fingerprint density at radius 3 is 2.61 bits per heavy atom. The average molecular weight is 419 g/mol. The second kappa shape index (κ2) is 9.12. The smallest absolute Gasteiger partial charge is 0.122 e. The molecule has 0 saturated carbocycles. The number of ether oxygens (including phenoxy) is 2. The summed E-state index contributed by atoms with van der Waals surface area (Å²) in [5, 5.41) is 8.03. The standard InChI is InChI=1S/C25H30N4O2/c1-30-25-7-2-20(17-21(25)16-19-9-15-31-18-19)24-8-10-27-29(24)23-5-3-22(4-6-23)28-13-11-26-12-14-28/h2-8,10,17,19,26H,9,11-16,18H2,1H3/t19-/m0/s1. The van der Waals surface area contributed by atoms with E-state index >= 15 is 0 Å². The summed E-state index contributed by atoms with van der Waals surface area (Å²) in [5.41, 5.74) is 5.81. The van der Waals surface area contributed by atoms with Crippen LogP contribution in [0.2, 0.25) is 0 Å². The van der Waals surface area contributed by atoms with Crippen molar-refractivity contribution >= 4 is 5.69 Å². The third-order valence-electron chi connectivity index (χ3n) is 6.33. The fraction of sp³-hybridized carbons (Fsp3) is 0.400. The molecular weight excluding hydrogens is 388 g/mol. The molecule has 1 N–H and O–H groups in total. The van der Waals surface area contributed by atoms with Gasteiger partial charge in [0.1, 0.15) is 5.75 Å². The number of hydrogen-bond acceptors (Lipinski definition) is 5. The second-order valence-electron chi connectivity index (χ2n) is 8.34. The number of nitrogens with zero attached hydrogens (tertiary/aromatic N) is 3. The quantitative estimate of drug-likeness (QED) is 0.664. The third-order valence-corrected chi connectivity index (χ3v) is 6.33. The average Bonchev–Trinajstić information content (AvgIpc) is 3.52. The Balaban J connectivity index is 1.42. The van der Waals surface area contributed by atoms with Gasteiger partial charge in [-0.05, 0) is 72.9 Å². The molecule has 3 aromatic rings. The Hall–Kier alpha value is -2.83. The van der Waals surface area contributed by atoms with Crippen molar-refractivity contribution in [3.05, 3.63) is 60.3 Å². The van der Waals surface area contributed by atoms with E-state index in [1.807, 2.05) is 10.9 Å². The normalized spacial score (nSPS) is 19.0. The van der Waals surface area contributed by atoms with Crippen LogP contribution in [-0.4, -0.2) is 56.3 Å². The van der Waals surface area contributed by atoms with Gasteiger partial charge in [-0.1, -0.05) is 0 Å². The lowest BCUT2D eigenvalue weighted by Gasteiger charge is -2.29. The highest BCUT2D eigenvalue weighted by molar-refractivity contribution is 5.65. The third kappa shape index (κ3) is 4.31. The highest BCUT2D eigenvalue weighted by atomic mass is 16.5. The van der Waals surface area contributed by atoms with Crippen LogP contribution in [0.25, 0.3) is 16.9 Å². The minimum absolute atomic E-state index is 0.562. The summed E-state index contributed by atoms with van der Waals surface area (Å²) >= 11 is 0. The molecule has 0 unspecified atom stereocenters. The predicted molar refractivity (Wildman–Crippen MR) is 123 cm³/mol. The molecule has 31 heavy (non-hydrogen) atoms. The fourth-order valence-electron chi connectivity index (χ4n) is 4.61. The van der Waals surface area contributed by atoms with Crippen molar-refractivity contribution in [3.63, 3.8) is 0 Å². The maximum Gasteiger partial charge on any atom is 0.122 e. The number of rotatable bonds is 6. The van der Waals surface area contributed by atoms with Gasteiger partial charge in [-0.2, -0.15) is 5.10 Å².